The van der Waals surface area contributed by atoms with Crippen LogP contribution >= 0.6 is 23.2 Å². The van der Waals surface area contributed by atoms with E-state index < -0.39 is 6.10 Å². The fraction of sp³-hybridized carbons (Fsp3) is 0.250. The largest absolute Gasteiger partial charge is 0.388 e. The number of hydrogen-bond donors (Lipinski definition) is 1. The number of aryl methyl sites for hydroxylation is 1. The molecule has 0 aliphatic rings. The smallest absolute Gasteiger partial charge is 0.111 e. The van der Waals surface area contributed by atoms with E-state index in [0.717, 1.165) is 5.82 Å². The van der Waals surface area contributed by atoms with E-state index in [9.17, 15) is 5.11 Å². The van der Waals surface area contributed by atoms with E-state index in [1.807, 2.05) is 17.8 Å². The highest BCUT2D eigenvalue weighted by Crippen LogP contribution is 2.31. The van der Waals surface area contributed by atoms with E-state index >= 15 is 0 Å². The van der Waals surface area contributed by atoms with E-state index in [-0.39, 0.29) is 0 Å². The minimum atomic E-state index is -0.706. The van der Waals surface area contributed by atoms with Crippen molar-refractivity contribution in [2.45, 2.75) is 12.5 Å². The molecule has 90 valence electrons. The van der Waals surface area contributed by atoms with Crippen molar-refractivity contribution in [3.63, 3.8) is 0 Å². The lowest BCUT2D eigenvalue weighted by Gasteiger charge is -2.13. The van der Waals surface area contributed by atoms with Gasteiger partial charge in [0.15, 0.2) is 0 Å². The summed E-state index contributed by atoms with van der Waals surface area (Å²) in [6.07, 6.45) is 3.23. The number of benzene rings is 1. The van der Waals surface area contributed by atoms with Gasteiger partial charge in [-0.15, -0.1) is 0 Å². The Morgan fingerprint density at radius 2 is 2.18 bits per heavy atom. The lowest BCUT2D eigenvalue weighted by Crippen LogP contribution is -2.07. The normalized spacial score (nSPS) is 12.7. The predicted octanol–water partition coefficient (Wildman–Crippen LogP) is 3.00. The Morgan fingerprint density at radius 1 is 1.41 bits per heavy atom. The lowest BCUT2D eigenvalue weighted by molar-refractivity contribution is 0.175. The summed E-state index contributed by atoms with van der Waals surface area (Å²) in [7, 11) is 1.88. The predicted molar refractivity (Wildman–Crippen MR) is 68.3 cm³/mol. The van der Waals surface area contributed by atoms with E-state index in [1.54, 1.807) is 24.4 Å². The average molecular weight is 271 g/mol. The van der Waals surface area contributed by atoms with Crippen molar-refractivity contribution >= 4 is 23.2 Å². The van der Waals surface area contributed by atoms with Crippen LogP contribution in [0, 0.1) is 0 Å². The molecule has 0 radical (unpaired) electrons. The summed E-state index contributed by atoms with van der Waals surface area (Å²) in [6, 6.07) is 5.23. The Hall–Kier alpha value is -1.03. The zero-order valence-electron chi connectivity index (χ0n) is 9.27. The molecule has 1 atom stereocenters. The Morgan fingerprint density at radius 3 is 2.82 bits per heavy atom. The van der Waals surface area contributed by atoms with E-state index in [2.05, 4.69) is 4.98 Å². The van der Waals surface area contributed by atoms with E-state index in [0.29, 0.717) is 22.0 Å². The topological polar surface area (TPSA) is 38.0 Å². The van der Waals surface area contributed by atoms with Crippen molar-refractivity contribution in [3.05, 3.63) is 52.0 Å². The van der Waals surface area contributed by atoms with Crippen LogP contribution in [0.3, 0.4) is 0 Å². The van der Waals surface area contributed by atoms with Crippen LogP contribution in [0.4, 0.5) is 0 Å². The first kappa shape index (κ1) is 12.4. The Kier molecular flexibility index (Phi) is 3.72. The van der Waals surface area contributed by atoms with Gasteiger partial charge in [0.25, 0.3) is 0 Å². The Bertz CT molecular complexity index is 525. The van der Waals surface area contributed by atoms with Gasteiger partial charge in [-0.3, -0.25) is 0 Å². The highest BCUT2D eigenvalue weighted by molar-refractivity contribution is 6.42. The second-order valence-electron chi connectivity index (χ2n) is 3.82. The number of aromatic nitrogens is 2. The van der Waals surface area contributed by atoms with Crippen LogP contribution in [0.2, 0.25) is 10.0 Å². The number of rotatable bonds is 3. The van der Waals surface area contributed by atoms with Crippen LogP contribution in [0.25, 0.3) is 0 Å². The minimum Gasteiger partial charge on any atom is -0.388 e. The quantitative estimate of drug-likeness (QED) is 0.931. The molecule has 17 heavy (non-hydrogen) atoms. The van der Waals surface area contributed by atoms with Crippen molar-refractivity contribution in [2.24, 2.45) is 7.05 Å². The number of aliphatic hydroxyl groups excluding tert-OH is 1. The molecule has 0 amide bonds. The zero-order valence-corrected chi connectivity index (χ0v) is 10.8. The number of aliphatic hydroxyl groups is 1. The van der Waals surface area contributed by atoms with Gasteiger partial charge in [-0.25, -0.2) is 4.98 Å². The SMILES string of the molecule is Cn1ccnc1CC(O)c1cccc(Cl)c1Cl. The van der Waals surface area contributed by atoms with Crippen molar-refractivity contribution in [3.8, 4) is 0 Å². The van der Waals surface area contributed by atoms with Crippen LogP contribution in [-0.2, 0) is 13.5 Å². The molecule has 1 aromatic heterocycles. The van der Waals surface area contributed by atoms with Gasteiger partial charge in [0.1, 0.15) is 5.82 Å². The molecule has 0 fully saturated rings. The summed E-state index contributed by atoms with van der Waals surface area (Å²) in [6.45, 7) is 0. The first-order chi connectivity index (χ1) is 8.09. The fourth-order valence-corrected chi connectivity index (χ4v) is 2.09. The molecular formula is C12H12Cl2N2O. The first-order valence-electron chi connectivity index (χ1n) is 5.17. The molecular weight excluding hydrogens is 259 g/mol. The van der Waals surface area contributed by atoms with E-state index in [4.69, 9.17) is 23.2 Å². The molecule has 0 spiro atoms. The van der Waals surface area contributed by atoms with Crippen molar-refractivity contribution < 1.29 is 5.11 Å². The second-order valence-corrected chi connectivity index (χ2v) is 4.60. The third kappa shape index (κ3) is 2.63. The molecule has 1 heterocycles. The number of hydrogen-bond acceptors (Lipinski definition) is 2. The monoisotopic (exact) mass is 270 g/mol. The summed E-state index contributed by atoms with van der Waals surface area (Å²) < 4.78 is 1.86. The second kappa shape index (κ2) is 5.08. The van der Waals surface area contributed by atoms with Crippen LogP contribution in [0.5, 0.6) is 0 Å². The molecule has 0 aliphatic carbocycles. The standard InChI is InChI=1S/C12H12Cl2N2O/c1-16-6-5-15-11(16)7-10(17)8-3-2-4-9(13)12(8)14/h2-6,10,17H,7H2,1H3. The summed E-state index contributed by atoms with van der Waals surface area (Å²) in [5, 5.41) is 11.0. The molecule has 0 bridgehead atoms. The summed E-state index contributed by atoms with van der Waals surface area (Å²) in [4.78, 5) is 4.16. The van der Waals surface area contributed by atoms with Gasteiger partial charge < -0.3 is 9.67 Å². The molecule has 1 N–H and O–H groups in total. The zero-order chi connectivity index (χ0) is 12.4. The molecule has 0 saturated carbocycles. The molecule has 5 heteroatoms. The highest BCUT2D eigenvalue weighted by atomic mass is 35.5. The average Bonchev–Trinajstić information content (AvgIpc) is 2.68. The van der Waals surface area contributed by atoms with Gasteiger partial charge in [0.05, 0.1) is 16.1 Å². The molecule has 0 aliphatic heterocycles. The third-order valence-electron chi connectivity index (χ3n) is 2.64. The van der Waals surface area contributed by atoms with Crippen molar-refractivity contribution in [1.29, 1.82) is 0 Å². The van der Waals surface area contributed by atoms with Gasteiger partial charge in [-0.05, 0) is 6.07 Å². The summed E-state index contributed by atoms with van der Waals surface area (Å²) in [5.41, 5.74) is 0.627. The Labute approximate surface area is 110 Å². The third-order valence-corrected chi connectivity index (χ3v) is 3.47. The number of imidazole rings is 1. The maximum Gasteiger partial charge on any atom is 0.111 e. The lowest BCUT2D eigenvalue weighted by atomic mass is 10.1. The van der Waals surface area contributed by atoms with Gasteiger partial charge in [-0.2, -0.15) is 0 Å². The molecule has 2 rings (SSSR count). The van der Waals surface area contributed by atoms with Gasteiger partial charge in [-0.1, -0.05) is 35.3 Å². The summed E-state index contributed by atoms with van der Waals surface area (Å²) in [5.74, 6) is 0.800. The molecule has 3 nitrogen and oxygen atoms in total. The van der Waals surface area contributed by atoms with Crippen molar-refractivity contribution in [2.75, 3.05) is 0 Å². The molecule has 1 aromatic carbocycles. The van der Waals surface area contributed by atoms with Crippen LogP contribution in [0.1, 0.15) is 17.5 Å². The van der Waals surface area contributed by atoms with Crippen molar-refractivity contribution in [1.82, 2.24) is 9.55 Å². The fourth-order valence-electron chi connectivity index (χ4n) is 1.65. The van der Waals surface area contributed by atoms with Gasteiger partial charge >= 0.3 is 0 Å². The maximum absolute atomic E-state index is 10.1. The Balaban J connectivity index is 2.23. The molecule has 0 saturated heterocycles. The first-order valence-corrected chi connectivity index (χ1v) is 5.93. The van der Waals surface area contributed by atoms with Crippen LogP contribution < -0.4 is 0 Å². The van der Waals surface area contributed by atoms with Crippen LogP contribution in [-0.4, -0.2) is 14.7 Å². The minimum absolute atomic E-state index is 0.399. The number of nitrogens with zero attached hydrogens (tertiary/aromatic N) is 2. The molecule has 2 aromatic rings. The maximum atomic E-state index is 10.1. The number of halogens is 2. The van der Waals surface area contributed by atoms with Crippen LogP contribution in [0.15, 0.2) is 30.6 Å². The van der Waals surface area contributed by atoms with E-state index in [1.165, 1.54) is 0 Å². The summed E-state index contributed by atoms with van der Waals surface area (Å²) >= 11 is 12.0. The van der Waals surface area contributed by atoms with Gasteiger partial charge in [0.2, 0.25) is 0 Å². The highest BCUT2D eigenvalue weighted by Gasteiger charge is 2.15. The molecule has 1 unspecified atom stereocenters. The van der Waals surface area contributed by atoms with Gasteiger partial charge in [0, 0.05) is 31.4 Å².